The predicted octanol–water partition coefficient (Wildman–Crippen LogP) is 2.25. The molecule has 2 fully saturated rings. The molecule has 1 aliphatic heterocycles. The minimum Gasteiger partial charge on any atom is -0.309 e. The highest BCUT2D eigenvalue weighted by molar-refractivity contribution is 4.98. The Bertz CT molecular complexity index is 229. The fourth-order valence-electron chi connectivity index (χ4n) is 2.67. The molecule has 0 amide bonds. The van der Waals surface area contributed by atoms with E-state index in [4.69, 9.17) is 0 Å². The molecule has 0 aromatic carbocycles. The zero-order chi connectivity index (χ0) is 11.1. The summed E-state index contributed by atoms with van der Waals surface area (Å²) in [5.41, 5.74) is 0.956. The number of hydrogen-bond donors (Lipinski definition) is 1. The van der Waals surface area contributed by atoms with Crippen LogP contribution in [-0.4, -0.2) is 36.1 Å². The smallest absolute Gasteiger partial charge is 0.0252 e. The standard InChI is InChI=1S/C13H26N2/c1-5-11-8-14-12(2,3)9-15(11)10-13(4)6-7-13/h11,14H,5-10H2,1-4H3. The highest BCUT2D eigenvalue weighted by atomic mass is 15.3. The maximum absolute atomic E-state index is 3.65. The van der Waals surface area contributed by atoms with Gasteiger partial charge in [0.25, 0.3) is 0 Å². The van der Waals surface area contributed by atoms with Gasteiger partial charge in [-0.1, -0.05) is 13.8 Å². The molecule has 1 saturated heterocycles. The average molecular weight is 210 g/mol. The summed E-state index contributed by atoms with van der Waals surface area (Å²) in [6.45, 7) is 13.1. The van der Waals surface area contributed by atoms with E-state index in [0.29, 0.717) is 11.0 Å². The molecule has 0 bridgehead atoms. The first-order valence-electron chi connectivity index (χ1n) is 6.43. The number of piperazine rings is 1. The van der Waals surface area contributed by atoms with Crippen molar-refractivity contribution < 1.29 is 0 Å². The van der Waals surface area contributed by atoms with Crippen LogP contribution >= 0.6 is 0 Å². The maximum Gasteiger partial charge on any atom is 0.0252 e. The molecular formula is C13H26N2. The molecule has 2 heteroatoms. The van der Waals surface area contributed by atoms with Crippen LogP contribution in [0.3, 0.4) is 0 Å². The molecule has 2 aliphatic rings. The van der Waals surface area contributed by atoms with Crippen LogP contribution in [0.2, 0.25) is 0 Å². The monoisotopic (exact) mass is 210 g/mol. The quantitative estimate of drug-likeness (QED) is 0.768. The van der Waals surface area contributed by atoms with Crippen LogP contribution in [0.4, 0.5) is 0 Å². The van der Waals surface area contributed by atoms with Gasteiger partial charge in [-0.15, -0.1) is 0 Å². The summed E-state index contributed by atoms with van der Waals surface area (Å²) in [5.74, 6) is 0. The fourth-order valence-corrected chi connectivity index (χ4v) is 2.67. The van der Waals surface area contributed by atoms with Gasteiger partial charge < -0.3 is 5.32 Å². The van der Waals surface area contributed by atoms with Gasteiger partial charge in [0.05, 0.1) is 0 Å². The first-order chi connectivity index (χ1) is 6.94. The van der Waals surface area contributed by atoms with Crippen molar-refractivity contribution in [1.82, 2.24) is 10.2 Å². The first-order valence-corrected chi connectivity index (χ1v) is 6.43. The summed E-state index contributed by atoms with van der Waals surface area (Å²) in [6, 6.07) is 0.760. The topological polar surface area (TPSA) is 15.3 Å². The number of nitrogens with zero attached hydrogens (tertiary/aromatic N) is 1. The molecule has 1 saturated carbocycles. The summed E-state index contributed by atoms with van der Waals surface area (Å²) in [5, 5.41) is 3.65. The summed E-state index contributed by atoms with van der Waals surface area (Å²) in [7, 11) is 0. The van der Waals surface area contributed by atoms with Gasteiger partial charge in [-0.05, 0) is 38.5 Å². The molecule has 0 radical (unpaired) electrons. The summed E-state index contributed by atoms with van der Waals surface area (Å²) in [6.07, 6.45) is 4.15. The minimum atomic E-state index is 0.302. The molecule has 0 spiro atoms. The number of rotatable bonds is 3. The highest BCUT2D eigenvalue weighted by Crippen LogP contribution is 2.46. The second-order valence-electron chi connectivity index (χ2n) is 6.54. The van der Waals surface area contributed by atoms with Crippen molar-refractivity contribution in [2.24, 2.45) is 5.41 Å². The van der Waals surface area contributed by atoms with E-state index in [1.54, 1.807) is 0 Å². The largest absolute Gasteiger partial charge is 0.309 e. The van der Waals surface area contributed by atoms with E-state index in [1.807, 2.05) is 0 Å². The van der Waals surface area contributed by atoms with Gasteiger partial charge in [0.1, 0.15) is 0 Å². The lowest BCUT2D eigenvalue weighted by atomic mass is 9.95. The van der Waals surface area contributed by atoms with Crippen molar-refractivity contribution in [3.63, 3.8) is 0 Å². The molecule has 15 heavy (non-hydrogen) atoms. The van der Waals surface area contributed by atoms with Gasteiger partial charge in [-0.25, -0.2) is 0 Å². The second-order valence-corrected chi connectivity index (χ2v) is 6.54. The van der Waals surface area contributed by atoms with E-state index in [0.717, 1.165) is 6.04 Å². The lowest BCUT2D eigenvalue weighted by Gasteiger charge is -2.45. The van der Waals surface area contributed by atoms with Crippen LogP contribution in [0.1, 0.15) is 47.0 Å². The number of hydrogen-bond acceptors (Lipinski definition) is 2. The molecular weight excluding hydrogens is 184 g/mol. The Kier molecular flexibility index (Phi) is 2.85. The van der Waals surface area contributed by atoms with Gasteiger partial charge >= 0.3 is 0 Å². The van der Waals surface area contributed by atoms with Crippen molar-refractivity contribution in [3.05, 3.63) is 0 Å². The first kappa shape index (κ1) is 11.4. The molecule has 1 N–H and O–H groups in total. The molecule has 0 aromatic rings. The Morgan fingerprint density at radius 2 is 1.93 bits per heavy atom. The Morgan fingerprint density at radius 1 is 1.27 bits per heavy atom. The van der Waals surface area contributed by atoms with Crippen molar-refractivity contribution in [1.29, 1.82) is 0 Å². The zero-order valence-electron chi connectivity index (χ0n) is 10.8. The molecule has 1 heterocycles. The molecule has 2 rings (SSSR count). The van der Waals surface area contributed by atoms with E-state index >= 15 is 0 Å². The fraction of sp³-hybridized carbons (Fsp3) is 1.00. The number of nitrogens with one attached hydrogen (secondary N) is 1. The summed E-state index contributed by atoms with van der Waals surface area (Å²) >= 11 is 0. The zero-order valence-corrected chi connectivity index (χ0v) is 10.8. The lowest BCUT2D eigenvalue weighted by Crippen LogP contribution is -2.62. The predicted molar refractivity (Wildman–Crippen MR) is 65.1 cm³/mol. The van der Waals surface area contributed by atoms with Crippen LogP contribution < -0.4 is 5.32 Å². The summed E-state index contributed by atoms with van der Waals surface area (Å²) in [4.78, 5) is 2.73. The van der Waals surface area contributed by atoms with Crippen LogP contribution in [-0.2, 0) is 0 Å². The molecule has 2 nitrogen and oxygen atoms in total. The molecule has 1 aliphatic carbocycles. The van der Waals surface area contributed by atoms with Crippen LogP contribution in [0.15, 0.2) is 0 Å². The van der Waals surface area contributed by atoms with E-state index in [2.05, 4.69) is 37.9 Å². The third-order valence-corrected chi connectivity index (χ3v) is 4.09. The van der Waals surface area contributed by atoms with Crippen LogP contribution in [0.25, 0.3) is 0 Å². The molecule has 1 atom stereocenters. The van der Waals surface area contributed by atoms with Crippen molar-refractivity contribution in [2.75, 3.05) is 19.6 Å². The van der Waals surface area contributed by atoms with Gasteiger partial charge in [0.15, 0.2) is 0 Å². The molecule has 0 aromatic heterocycles. The third kappa shape index (κ3) is 2.73. The Morgan fingerprint density at radius 3 is 2.47 bits per heavy atom. The minimum absolute atomic E-state index is 0.302. The van der Waals surface area contributed by atoms with Crippen LogP contribution in [0, 0.1) is 5.41 Å². The van der Waals surface area contributed by atoms with Gasteiger partial charge in [-0.2, -0.15) is 0 Å². The SMILES string of the molecule is CCC1CNC(C)(C)CN1CC1(C)CC1. The maximum atomic E-state index is 3.65. The Balaban J connectivity index is 1.97. The highest BCUT2D eigenvalue weighted by Gasteiger charge is 2.42. The molecule has 88 valence electrons. The average Bonchev–Trinajstić information content (AvgIpc) is 2.82. The van der Waals surface area contributed by atoms with E-state index in [-0.39, 0.29) is 0 Å². The van der Waals surface area contributed by atoms with Crippen molar-refractivity contribution >= 4 is 0 Å². The van der Waals surface area contributed by atoms with E-state index in [9.17, 15) is 0 Å². The summed E-state index contributed by atoms with van der Waals surface area (Å²) < 4.78 is 0. The molecule has 1 unspecified atom stereocenters. The van der Waals surface area contributed by atoms with E-state index in [1.165, 1.54) is 38.9 Å². The van der Waals surface area contributed by atoms with Gasteiger partial charge in [0, 0.05) is 31.2 Å². The Labute approximate surface area is 94.4 Å². The lowest BCUT2D eigenvalue weighted by molar-refractivity contribution is 0.0752. The third-order valence-electron chi connectivity index (χ3n) is 4.09. The van der Waals surface area contributed by atoms with Crippen LogP contribution in [0.5, 0.6) is 0 Å². The normalized spacial score (nSPS) is 34.0. The van der Waals surface area contributed by atoms with Crippen molar-refractivity contribution in [2.45, 2.75) is 58.5 Å². The van der Waals surface area contributed by atoms with Crippen molar-refractivity contribution in [3.8, 4) is 0 Å². The van der Waals surface area contributed by atoms with Gasteiger partial charge in [0.2, 0.25) is 0 Å². The van der Waals surface area contributed by atoms with Gasteiger partial charge in [-0.3, -0.25) is 4.90 Å². The van der Waals surface area contributed by atoms with E-state index < -0.39 is 0 Å². The Hall–Kier alpha value is -0.0800. The second kappa shape index (κ2) is 3.74.